The molecule has 25 heavy (non-hydrogen) atoms. The van der Waals surface area contributed by atoms with E-state index in [0.717, 1.165) is 19.3 Å². The van der Waals surface area contributed by atoms with Gasteiger partial charge in [0, 0.05) is 12.8 Å². The number of carbonyl (C=O) groups is 2. The Hall–Kier alpha value is -1.14. The van der Waals surface area contributed by atoms with E-state index in [1.807, 2.05) is 13.8 Å². The smallest absolute Gasteiger partial charge is 0.318 e. The molecule has 0 radical (unpaired) electrons. The van der Waals surface area contributed by atoms with E-state index in [-0.39, 0.29) is 24.0 Å². The maximum absolute atomic E-state index is 12.2. The fourth-order valence-corrected chi connectivity index (χ4v) is 3.10. The highest BCUT2D eigenvalue weighted by atomic mass is 16.9. The Morgan fingerprint density at radius 3 is 2.12 bits per heavy atom. The van der Waals surface area contributed by atoms with Gasteiger partial charge in [0.05, 0.1) is 19.1 Å². The van der Waals surface area contributed by atoms with E-state index < -0.39 is 6.48 Å². The summed E-state index contributed by atoms with van der Waals surface area (Å²) in [6.45, 7) is 7.86. The van der Waals surface area contributed by atoms with Crippen LogP contribution >= 0.6 is 0 Å². The average Bonchev–Trinajstić information content (AvgIpc) is 2.63. The molecule has 1 saturated heterocycles. The van der Waals surface area contributed by atoms with Crippen molar-refractivity contribution in [3.8, 4) is 0 Å². The molecule has 6 nitrogen and oxygen atoms in total. The highest BCUT2D eigenvalue weighted by Gasteiger charge is 2.32. The van der Waals surface area contributed by atoms with Crippen LogP contribution < -0.4 is 0 Å². The summed E-state index contributed by atoms with van der Waals surface area (Å²) in [5, 5.41) is 0. The molecule has 146 valence electrons. The fraction of sp³-hybridized carbons (Fsp3) is 0.895. The second-order valence-electron chi connectivity index (χ2n) is 6.48. The predicted molar refractivity (Wildman–Crippen MR) is 93.7 cm³/mol. The summed E-state index contributed by atoms with van der Waals surface area (Å²) in [4.78, 5) is 23.1. The van der Waals surface area contributed by atoms with Gasteiger partial charge in [-0.1, -0.05) is 33.6 Å². The molecule has 2 fully saturated rings. The van der Waals surface area contributed by atoms with E-state index in [1.165, 1.54) is 6.92 Å². The largest absolute Gasteiger partial charge is 0.463 e. The molecule has 1 aliphatic heterocycles. The molecular formula is C19H34O6. The molecule has 1 heterocycles. The standard InChI is InChI=1S/C17H28O6.C2H6/c1-3-4-5-13-10-20-17(21-11-13)23-16(19)14-6-8-15(9-7-14)22-12(2)18;1-2/h13-15,17H,3-11H2,1-2H3;1-2H3. The topological polar surface area (TPSA) is 71.1 Å². The highest BCUT2D eigenvalue weighted by Crippen LogP contribution is 2.28. The minimum absolute atomic E-state index is 0.0712. The molecule has 0 bridgehead atoms. The molecule has 6 heteroatoms. The van der Waals surface area contributed by atoms with E-state index >= 15 is 0 Å². The number of carbonyl (C=O) groups excluding carboxylic acids is 2. The van der Waals surface area contributed by atoms with Crippen LogP contribution in [0.5, 0.6) is 0 Å². The van der Waals surface area contributed by atoms with E-state index in [1.54, 1.807) is 0 Å². The zero-order valence-corrected chi connectivity index (χ0v) is 16.1. The first-order valence-electron chi connectivity index (χ1n) is 9.69. The quantitative estimate of drug-likeness (QED) is 0.672. The van der Waals surface area contributed by atoms with Crippen molar-refractivity contribution in [2.45, 2.75) is 85.2 Å². The lowest BCUT2D eigenvalue weighted by Gasteiger charge is -2.31. The first-order valence-corrected chi connectivity index (χ1v) is 9.69. The highest BCUT2D eigenvalue weighted by molar-refractivity contribution is 5.72. The molecule has 1 saturated carbocycles. The van der Waals surface area contributed by atoms with E-state index in [9.17, 15) is 9.59 Å². The van der Waals surface area contributed by atoms with E-state index in [2.05, 4.69) is 6.92 Å². The minimum Gasteiger partial charge on any atom is -0.463 e. The van der Waals surface area contributed by atoms with Crippen LogP contribution in [-0.2, 0) is 28.5 Å². The summed E-state index contributed by atoms with van der Waals surface area (Å²) in [7, 11) is 0. The summed E-state index contributed by atoms with van der Waals surface area (Å²) in [5.74, 6) is -0.308. The number of hydrogen-bond donors (Lipinski definition) is 0. The molecule has 2 aliphatic rings. The Morgan fingerprint density at radius 2 is 1.60 bits per heavy atom. The second-order valence-corrected chi connectivity index (χ2v) is 6.48. The lowest BCUT2D eigenvalue weighted by atomic mass is 9.87. The van der Waals surface area contributed by atoms with Gasteiger partial charge in [-0.15, -0.1) is 0 Å². The van der Waals surface area contributed by atoms with Gasteiger partial charge in [-0.25, -0.2) is 0 Å². The summed E-state index contributed by atoms with van der Waals surface area (Å²) >= 11 is 0. The first kappa shape index (κ1) is 21.9. The predicted octanol–water partition coefficient (Wildman–Crippen LogP) is 3.81. The maximum atomic E-state index is 12.2. The van der Waals surface area contributed by atoms with Crippen molar-refractivity contribution >= 4 is 11.9 Å². The summed E-state index contributed by atoms with van der Waals surface area (Å²) < 4.78 is 21.5. The zero-order valence-electron chi connectivity index (χ0n) is 16.1. The molecule has 0 N–H and O–H groups in total. The summed E-state index contributed by atoms with van der Waals surface area (Å²) in [6.07, 6.45) is 6.06. The Kier molecular flexibility index (Phi) is 10.7. The van der Waals surface area contributed by atoms with Gasteiger partial charge in [0.15, 0.2) is 0 Å². The number of ether oxygens (including phenoxy) is 4. The molecule has 0 aromatic rings. The molecule has 0 atom stereocenters. The number of rotatable bonds is 6. The van der Waals surface area contributed by atoms with Gasteiger partial charge in [-0.2, -0.15) is 0 Å². The normalized spacial score (nSPS) is 29.1. The van der Waals surface area contributed by atoms with Gasteiger partial charge < -0.3 is 18.9 Å². The van der Waals surface area contributed by atoms with Crippen LogP contribution in [0.4, 0.5) is 0 Å². The van der Waals surface area contributed by atoms with Crippen molar-refractivity contribution in [3.05, 3.63) is 0 Å². The van der Waals surface area contributed by atoms with Crippen molar-refractivity contribution in [1.29, 1.82) is 0 Å². The molecule has 1 aliphatic carbocycles. The number of hydrogen-bond acceptors (Lipinski definition) is 6. The molecule has 0 aromatic carbocycles. The molecule has 0 aromatic heterocycles. The molecule has 2 rings (SSSR count). The third kappa shape index (κ3) is 8.19. The lowest BCUT2D eigenvalue weighted by molar-refractivity contribution is -0.310. The van der Waals surface area contributed by atoms with Gasteiger partial charge in [0.2, 0.25) is 0 Å². The molecule has 0 unspecified atom stereocenters. The van der Waals surface area contributed by atoms with Crippen LogP contribution in [0, 0.1) is 11.8 Å². The third-order valence-corrected chi connectivity index (χ3v) is 4.45. The van der Waals surface area contributed by atoms with Gasteiger partial charge in [0.1, 0.15) is 6.10 Å². The van der Waals surface area contributed by atoms with Crippen LogP contribution in [0.25, 0.3) is 0 Å². The summed E-state index contributed by atoms with van der Waals surface area (Å²) in [5.41, 5.74) is 0. The Labute approximate surface area is 151 Å². The SMILES string of the molecule is CC.CCCCC1COC(OC(=O)C2CCC(OC(C)=O)CC2)OC1. The molecule has 0 amide bonds. The van der Waals surface area contributed by atoms with Gasteiger partial charge >= 0.3 is 18.4 Å². The van der Waals surface area contributed by atoms with Crippen molar-refractivity contribution in [2.75, 3.05) is 13.2 Å². The fourth-order valence-electron chi connectivity index (χ4n) is 3.10. The number of unbranched alkanes of at least 4 members (excludes halogenated alkanes) is 1. The zero-order chi connectivity index (χ0) is 18.7. The van der Waals surface area contributed by atoms with E-state index in [4.69, 9.17) is 18.9 Å². The average molecular weight is 358 g/mol. The van der Waals surface area contributed by atoms with Crippen molar-refractivity contribution in [3.63, 3.8) is 0 Å². The van der Waals surface area contributed by atoms with E-state index in [0.29, 0.717) is 44.8 Å². The van der Waals surface area contributed by atoms with Crippen LogP contribution in [0.15, 0.2) is 0 Å². The summed E-state index contributed by atoms with van der Waals surface area (Å²) in [6, 6.07) is 0. The second kappa shape index (κ2) is 12.3. The van der Waals surface area contributed by atoms with Crippen molar-refractivity contribution < 1.29 is 28.5 Å². The maximum Gasteiger partial charge on any atom is 0.318 e. The van der Waals surface area contributed by atoms with Crippen LogP contribution in [0.1, 0.15) is 72.6 Å². The first-order chi connectivity index (χ1) is 12.1. The lowest BCUT2D eigenvalue weighted by Crippen LogP contribution is -2.37. The van der Waals surface area contributed by atoms with Crippen molar-refractivity contribution in [1.82, 2.24) is 0 Å². The van der Waals surface area contributed by atoms with Gasteiger partial charge in [0.25, 0.3) is 0 Å². The van der Waals surface area contributed by atoms with Crippen LogP contribution in [0.3, 0.4) is 0 Å². The van der Waals surface area contributed by atoms with Crippen LogP contribution in [-0.4, -0.2) is 37.7 Å². The third-order valence-electron chi connectivity index (χ3n) is 4.45. The number of esters is 2. The Balaban J connectivity index is 0.00000151. The van der Waals surface area contributed by atoms with Gasteiger partial charge in [-0.3, -0.25) is 9.59 Å². The van der Waals surface area contributed by atoms with Crippen molar-refractivity contribution in [2.24, 2.45) is 11.8 Å². The molecule has 0 spiro atoms. The van der Waals surface area contributed by atoms with Gasteiger partial charge in [-0.05, 0) is 32.1 Å². The van der Waals surface area contributed by atoms with Crippen LogP contribution in [0.2, 0.25) is 0 Å². The minimum atomic E-state index is -0.869. The Bertz CT molecular complexity index is 381. The Morgan fingerprint density at radius 1 is 1.00 bits per heavy atom. The monoisotopic (exact) mass is 358 g/mol. The molecular weight excluding hydrogens is 324 g/mol.